The minimum Gasteiger partial charge on any atom is -0.378 e. The number of carbonyl (C=O) groups excluding carboxylic acids is 1. The van der Waals surface area contributed by atoms with Crippen LogP contribution in [0.15, 0.2) is 12.2 Å². The van der Waals surface area contributed by atoms with Crippen LogP contribution in [-0.4, -0.2) is 31.7 Å². The SMILES string of the molecule is C=C(C)[C@@H]1CC[C@]2(C)CC[C@]3(C)[C@H](CC[C@@]4(C)[C@@H]5CC[C@H](OCCCCCCCCCCCCCCCCCCCCCCCCOCC(C)=O)C(C)(C)[C@H]5CC[C@]43C)[C@H]12. The molecule has 0 aliphatic heterocycles. The van der Waals surface area contributed by atoms with Gasteiger partial charge in [0.15, 0.2) is 5.78 Å². The van der Waals surface area contributed by atoms with Gasteiger partial charge in [-0.05, 0) is 148 Å². The topological polar surface area (TPSA) is 35.5 Å². The number of hydrogen-bond acceptors (Lipinski definition) is 3. The first-order valence-corrected chi connectivity index (χ1v) is 27.1. The van der Waals surface area contributed by atoms with Crippen LogP contribution in [0.3, 0.4) is 0 Å². The minimum atomic E-state index is 0.129. The molecule has 0 N–H and O–H groups in total. The first kappa shape index (κ1) is 50.3. The smallest absolute Gasteiger partial charge is 0.155 e. The van der Waals surface area contributed by atoms with E-state index in [0.29, 0.717) is 27.8 Å². The molecule has 5 saturated carbocycles. The van der Waals surface area contributed by atoms with Gasteiger partial charge in [-0.2, -0.15) is 0 Å². The van der Waals surface area contributed by atoms with Crippen molar-refractivity contribution in [3.05, 3.63) is 12.2 Å². The van der Waals surface area contributed by atoms with E-state index in [1.807, 2.05) is 0 Å². The molecule has 5 aliphatic rings. The van der Waals surface area contributed by atoms with Crippen LogP contribution < -0.4 is 0 Å². The first-order chi connectivity index (χ1) is 28.7. The molecule has 5 aliphatic carbocycles. The Morgan fingerprint density at radius 3 is 1.47 bits per heavy atom. The van der Waals surface area contributed by atoms with Gasteiger partial charge in [-0.25, -0.2) is 0 Å². The Labute approximate surface area is 374 Å². The number of allylic oxidation sites excluding steroid dienone is 1. The van der Waals surface area contributed by atoms with Gasteiger partial charge in [0, 0.05) is 13.2 Å². The lowest BCUT2D eigenvalue weighted by molar-refractivity contribution is -0.260. The van der Waals surface area contributed by atoms with E-state index in [2.05, 4.69) is 55.0 Å². The standard InChI is InChI=1S/C57H102O3/c1-45(2)47-34-37-54(6)40-41-56(8)50(52(47)54)35-38-55(7)49-32-33-51(53(4,5)48(49)36-39-57(55,56)9)60-43-31-29-27-25-23-21-19-17-15-13-11-10-12-14-16-18-20-22-24-26-28-30-42-59-44-46(3)58/h47-52H,1,10-44H2,2-9H3/t47-,48-,49+,50+,51-,52-,54+,55-,56+,57+/m0/s1. The molecule has 0 bridgehead atoms. The van der Waals surface area contributed by atoms with Gasteiger partial charge >= 0.3 is 0 Å². The van der Waals surface area contributed by atoms with Gasteiger partial charge in [0.1, 0.15) is 6.61 Å². The Hall–Kier alpha value is -0.670. The quantitative estimate of drug-likeness (QED) is 0.0556. The average molecular weight is 835 g/mol. The first-order valence-electron chi connectivity index (χ1n) is 27.1. The third-order valence-corrected chi connectivity index (χ3v) is 20.0. The van der Waals surface area contributed by atoms with E-state index < -0.39 is 0 Å². The van der Waals surface area contributed by atoms with E-state index in [1.165, 1.54) is 205 Å². The van der Waals surface area contributed by atoms with Crippen molar-refractivity contribution in [3.8, 4) is 0 Å². The van der Waals surface area contributed by atoms with Crippen molar-refractivity contribution in [2.24, 2.45) is 56.7 Å². The number of unbranched alkanes of at least 4 members (excludes halogenated alkanes) is 21. The van der Waals surface area contributed by atoms with Crippen LogP contribution in [0.4, 0.5) is 0 Å². The third-order valence-electron chi connectivity index (χ3n) is 20.0. The highest BCUT2D eigenvalue weighted by molar-refractivity contribution is 5.76. The summed E-state index contributed by atoms with van der Waals surface area (Å²) in [6.07, 6.45) is 45.2. The van der Waals surface area contributed by atoms with Crippen LogP contribution in [0.2, 0.25) is 0 Å². The van der Waals surface area contributed by atoms with Gasteiger partial charge in [0.05, 0.1) is 6.10 Å². The summed E-state index contributed by atoms with van der Waals surface area (Å²) in [7, 11) is 0. The number of Topliss-reactive ketones (excluding diaryl/α,β-unsaturated/α-hetero) is 1. The summed E-state index contributed by atoms with van der Waals surface area (Å²) in [5.74, 6) is 4.29. The molecule has 3 nitrogen and oxygen atoms in total. The van der Waals surface area contributed by atoms with E-state index >= 15 is 0 Å². The van der Waals surface area contributed by atoms with Crippen molar-refractivity contribution < 1.29 is 14.3 Å². The van der Waals surface area contributed by atoms with Gasteiger partial charge < -0.3 is 9.47 Å². The molecule has 0 aromatic rings. The lowest BCUT2D eigenvalue weighted by Gasteiger charge is -2.74. The summed E-state index contributed by atoms with van der Waals surface area (Å²) in [6, 6.07) is 0. The molecule has 0 saturated heterocycles. The molecule has 0 spiro atoms. The predicted molar refractivity (Wildman–Crippen MR) is 257 cm³/mol. The highest BCUT2D eigenvalue weighted by atomic mass is 16.5. The highest BCUT2D eigenvalue weighted by Gasteiger charge is 2.71. The van der Waals surface area contributed by atoms with Crippen LogP contribution in [0.5, 0.6) is 0 Å². The van der Waals surface area contributed by atoms with Crippen molar-refractivity contribution >= 4 is 5.78 Å². The fourth-order valence-corrected chi connectivity index (χ4v) is 15.8. The molecule has 10 atom stereocenters. The van der Waals surface area contributed by atoms with Crippen molar-refractivity contribution in [1.82, 2.24) is 0 Å². The molecule has 0 radical (unpaired) electrons. The molecule has 60 heavy (non-hydrogen) atoms. The molecule has 348 valence electrons. The monoisotopic (exact) mass is 835 g/mol. The van der Waals surface area contributed by atoms with Gasteiger partial charge in [-0.1, -0.05) is 182 Å². The maximum atomic E-state index is 10.9. The van der Waals surface area contributed by atoms with E-state index in [9.17, 15) is 4.79 Å². The van der Waals surface area contributed by atoms with Crippen LogP contribution in [0.1, 0.15) is 261 Å². The molecule has 0 unspecified atom stereocenters. The summed E-state index contributed by atoms with van der Waals surface area (Å²) in [6.45, 7) is 26.9. The zero-order valence-corrected chi connectivity index (χ0v) is 41.6. The maximum absolute atomic E-state index is 10.9. The molecule has 0 amide bonds. The summed E-state index contributed by atoms with van der Waals surface area (Å²) in [4.78, 5) is 10.9. The molecule has 5 rings (SSSR count). The molecule has 0 aromatic carbocycles. The second-order valence-electron chi connectivity index (χ2n) is 24.0. The van der Waals surface area contributed by atoms with E-state index in [0.717, 1.165) is 49.2 Å². The minimum absolute atomic E-state index is 0.129. The molecular weight excluding hydrogens is 733 g/mol. The number of fused-ring (bicyclic) bond motifs is 7. The normalized spacial score (nSPS) is 35.7. The average Bonchev–Trinajstić information content (AvgIpc) is 3.56. The Kier molecular flexibility index (Phi) is 19.7. The van der Waals surface area contributed by atoms with Crippen molar-refractivity contribution in [2.75, 3.05) is 19.8 Å². The number of rotatable bonds is 29. The lowest BCUT2D eigenvalue weighted by Crippen LogP contribution is -2.67. The summed E-state index contributed by atoms with van der Waals surface area (Å²) < 4.78 is 12.2. The maximum Gasteiger partial charge on any atom is 0.155 e. The Bertz CT molecular complexity index is 1290. The Morgan fingerprint density at radius 1 is 0.500 bits per heavy atom. The van der Waals surface area contributed by atoms with Crippen molar-refractivity contribution in [3.63, 3.8) is 0 Å². The van der Waals surface area contributed by atoms with Gasteiger partial charge in [0.2, 0.25) is 0 Å². The molecular formula is C57H102O3. The zero-order chi connectivity index (χ0) is 43.3. The molecule has 0 heterocycles. The number of ketones is 1. The lowest BCUT2D eigenvalue weighted by atomic mass is 9.31. The summed E-state index contributed by atoms with van der Waals surface area (Å²) in [5.41, 5.74) is 3.66. The highest BCUT2D eigenvalue weighted by Crippen LogP contribution is 2.78. The van der Waals surface area contributed by atoms with Crippen LogP contribution in [-0.2, 0) is 14.3 Å². The predicted octanol–water partition coefficient (Wildman–Crippen LogP) is 17.2. The summed E-state index contributed by atoms with van der Waals surface area (Å²) in [5, 5.41) is 0. The Morgan fingerprint density at radius 2 is 0.967 bits per heavy atom. The number of hydrogen-bond donors (Lipinski definition) is 0. The fraction of sp³-hybridized carbons (Fsp3) is 0.947. The molecule has 3 heteroatoms. The fourth-order valence-electron chi connectivity index (χ4n) is 15.8. The number of carbonyl (C=O) groups is 1. The van der Waals surface area contributed by atoms with Crippen LogP contribution in [0, 0.1) is 56.7 Å². The second kappa shape index (κ2) is 23.5. The second-order valence-corrected chi connectivity index (χ2v) is 24.0. The summed E-state index contributed by atoms with van der Waals surface area (Å²) >= 11 is 0. The van der Waals surface area contributed by atoms with Crippen LogP contribution >= 0.6 is 0 Å². The van der Waals surface area contributed by atoms with Crippen molar-refractivity contribution in [1.29, 1.82) is 0 Å². The van der Waals surface area contributed by atoms with E-state index in [-0.39, 0.29) is 17.8 Å². The zero-order valence-electron chi connectivity index (χ0n) is 41.6. The van der Waals surface area contributed by atoms with E-state index in [4.69, 9.17) is 9.47 Å². The van der Waals surface area contributed by atoms with Gasteiger partial charge in [0.25, 0.3) is 0 Å². The number of ether oxygens (including phenoxy) is 2. The van der Waals surface area contributed by atoms with Gasteiger partial charge in [-0.15, -0.1) is 0 Å². The largest absolute Gasteiger partial charge is 0.378 e. The third kappa shape index (κ3) is 12.0. The Balaban J connectivity index is 0.858. The van der Waals surface area contributed by atoms with E-state index in [1.54, 1.807) is 6.92 Å². The van der Waals surface area contributed by atoms with Gasteiger partial charge in [-0.3, -0.25) is 4.79 Å². The van der Waals surface area contributed by atoms with Crippen molar-refractivity contribution in [2.45, 2.75) is 267 Å². The molecule has 5 fully saturated rings. The molecule has 0 aromatic heterocycles. The van der Waals surface area contributed by atoms with Crippen LogP contribution in [0.25, 0.3) is 0 Å².